The standard InChI is InChI=1S/C11H22N6OS/c1-8(2)7-13-5-6-17-11(14-15-16-17)19-9(3)10(18)12-4/h8-9,13H,5-7H2,1-4H3,(H,12,18). The second-order valence-electron chi connectivity index (χ2n) is 4.66. The van der Waals surface area contributed by atoms with E-state index in [1.54, 1.807) is 11.7 Å². The van der Waals surface area contributed by atoms with Gasteiger partial charge in [-0.15, -0.1) is 5.10 Å². The first kappa shape index (κ1) is 15.9. The minimum absolute atomic E-state index is 0.0301. The Bertz CT molecular complexity index is 394. The molecule has 1 atom stereocenters. The van der Waals surface area contributed by atoms with Crippen molar-refractivity contribution in [1.29, 1.82) is 0 Å². The zero-order valence-electron chi connectivity index (χ0n) is 11.9. The number of carbonyl (C=O) groups is 1. The summed E-state index contributed by atoms with van der Waals surface area (Å²) in [5.41, 5.74) is 0. The van der Waals surface area contributed by atoms with Crippen molar-refractivity contribution in [3.8, 4) is 0 Å². The van der Waals surface area contributed by atoms with Crippen LogP contribution in [0.1, 0.15) is 20.8 Å². The molecule has 8 heteroatoms. The Hall–Kier alpha value is -1.15. The molecule has 0 aromatic carbocycles. The topological polar surface area (TPSA) is 84.7 Å². The minimum atomic E-state index is -0.210. The van der Waals surface area contributed by atoms with E-state index in [0.717, 1.165) is 13.1 Å². The molecular formula is C11H22N6OS. The lowest BCUT2D eigenvalue weighted by atomic mass is 10.2. The van der Waals surface area contributed by atoms with E-state index in [2.05, 4.69) is 40.0 Å². The van der Waals surface area contributed by atoms with Gasteiger partial charge in [-0.2, -0.15) is 0 Å². The Kier molecular flexibility index (Phi) is 6.79. The Morgan fingerprint density at radius 2 is 2.16 bits per heavy atom. The van der Waals surface area contributed by atoms with E-state index in [9.17, 15) is 4.79 Å². The monoisotopic (exact) mass is 286 g/mol. The molecule has 0 aliphatic carbocycles. The summed E-state index contributed by atoms with van der Waals surface area (Å²) in [6.07, 6.45) is 0. The first-order valence-electron chi connectivity index (χ1n) is 6.39. The van der Waals surface area contributed by atoms with Gasteiger partial charge in [0, 0.05) is 13.6 Å². The summed E-state index contributed by atoms with van der Waals surface area (Å²) >= 11 is 1.36. The Balaban J connectivity index is 2.44. The molecule has 1 unspecified atom stereocenters. The molecule has 1 aromatic heterocycles. The van der Waals surface area contributed by atoms with Crippen molar-refractivity contribution in [2.45, 2.75) is 37.7 Å². The molecule has 1 heterocycles. The zero-order chi connectivity index (χ0) is 14.3. The number of tetrazole rings is 1. The number of aromatic nitrogens is 4. The average Bonchev–Trinajstić information content (AvgIpc) is 2.80. The number of nitrogens with zero attached hydrogens (tertiary/aromatic N) is 4. The number of carbonyl (C=O) groups excluding carboxylic acids is 1. The summed E-state index contributed by atoms with van der Waals surface area (Å²) in [5.74, 6) is 0.591. The number of rotatable bonds is 8. The Labute approximate surface area is 117 Å². The van der Waals surface area contributed by atoms with Crippen molar-refractivity contribution in [1.82, 2.24) is 30.8 Å². The van der Waals surface area contributed by atoms with Crippen LogP contribution < -0.4 is 10.6 Å². The lowest BCUT2D eigenvalue weighted by Crippen LogP contribution is -2.28. The summed E-state index contributed by atoms with van der Waals surface area (Å²) in [6.45, 7) is 8.64. The average molecular weight is 286 g/mol. The van der Waals surface area contributed by atoms with Gasteiger partial charge in [0.1, 0.15) is 0 Å². The van der Waals surface area contributed by atoms with Crippen LogP contribution in [0.15, 0.2) is 5.16 Å². The molecule has 19 heavy (non-hydrogen) atoms. The van der Waals surface area contributed by atoms with Crippen molar-refractivity contribution in [3.63, 3.8) is 0 Å². The number of hydrogen-bond donors (Lipinski definition) is 2. The first-order valence-corrected chi connectivity index (χ1v) is 7.27. The van der Waals surface area contributed by atoms with Crippen LogP contribution in [0.25, 0.3) is 0 Å². The van der Waals surface area contributed by atoms with Crippen LogP contribution in [0.5, 0.6) is 0 Å². The molecule has 0 saturated heterocycles. The Morgan fingerprint density at radius 3 is 2.79 bits per heavy atom. The first-order chi connectivity index (χ1) is 9.04. The molecule has 0 fully saturated rings. The van der Waals surface area contributed by atoms with E-state index in [1.807, 2.05) is 6.92 Å². The maximum Gasteiger partial charge on any atom is 0.233 e. The molecule has 1 amide bonds. The molecular weight excluding hydrogens is 264 g/mol. The molecule has 0 spiro atoms. The lowest BCUT2D eigenvalue weighted by Gasteiger charge is -2.10. The quantitative estimate of drug-likeness (QED) is 0.522. The molecule has 0 saturated carbocycles. The van der Waals surface area contributed by atoms with E-state index in [-0.39, 0.29) is 11.2 Å². The zero-order valence-corrected chi connectivity index (χ0v) is 12.7. The molecule has 1 aromatic rings. The van der Waals surface area contributed by atoms with Gasteiger partial charge < -0.3 is 10.6 Å². The second kappa shape index (κ2) is 8.11. The summed E-state index contributed by atoms with van der Waals surface area (Å²) in [4.78, 5) is 11.5. The fourth-order valence-corrected chi connectivity index (χ4v) is 2.29. The van der Waals surface area contributed by atoms with Crippen LogP contribution in [0.3, 0.4) is 0 Å². The van der Waals surface area contributed by atoms with E-state index < -0.39 is 0 Å². The van der Waals surface area contributed by atoms with Crippen molar-refractivity contribution in [3.05, 3.63) is 0 Å². The SMILES string of the molecule is CNC(=O)C(C)Sc1nnnn1CCNCC(C)C. The van der Waals surface area contributed by atoms with Gasteiger partial charge in [0.25, 0.3) is 0 Å². The van der Waals surface area contributed by atoms with Crippen molar-refractivity contribution in [2.24, 2.45) is 5.92 Å². The molecule has 7 nitrogen and oxygen atoms in total. The molecule has 2 N–H and O–H groups in total. The van der Waals surface area contributed by atoms with Crippen molar-refractivity contribution >= 4 is 17.7 Å². The van der Waals surface area contributed by atoms with Crippen LogP contribution in [0.4, 0.5) is 0 Å². The fraction of sp³-hybridized carbons (Fsp3) is 0.818. The highest BCUT2D eigenvalue weighted by Gasteiger charge is 2.17. The molecule has 1 rings (SSSR count). The van der Waals surface area contributed by atoms with Gasteiger partial charge in [-0.05, 0) is 29.8 Å². The van der Waals surface area contributed by atoms with Gasteiger partial charge in [0.15, 0.2) is 0 Å². The van der Waals surface area contributed by atoms with Crippen molar-refractivity contribution in [2.75, 3.05) is 20.1 Å². The Morgan fingerprint density at radius 1 is 1.42 bits per heavy atom. The number of hydrogen-bond acceptors (Lipinski definition) is 6. The summed E-state index contributed by atoms with van der Waals surface area (Å²) in [5, 5.41) is 17.9. The highest BCUT2D eigenvalue weighted by Crippen LogP contribution is 2.19. The molecule has 0 aliphatic rings. The maximum atomic E-state index is 11.5. The van der Waals surface area contributed by atoms with Crippen molar-refractivity contribution < 1.29 is 4.79 Å². The summed E-state index contributed by atoms with van der Waals surface area (Å²) in [7, 11) is 1.62. The fourth-order valence-electron chi connectivity index (χ4n) is 1.41. The molecule has 108 valence electrons. The van der Waals surface area contributed by atoms with Crippen LogP contribution in [-0.4, -0.2) is 51.5 Å². The van der Waals surface area contributed by atoms with Gasteiger partial charge in [0.05, 0.1) is 11.8 Å². The van der Waals surface area contributed by atoms with E-state index in [4.69, 9.17) is 0 Å². The molecule has 0 radical (unpaired) electrons. The van der Waals surface area contributed by atoms with E-state index >= 15 is 0 Å². The predicted molar refractivity (Wildman–Crippen MR) is 74.9 cm³/mol. The van der Waals surface area contributed by atoms with Crippen LogP contribution >= 0.6 is 11.8 Å². The number of amides is 1. The van der Waals surface area contributed by atoms with Crippen LogP contribution in [0.2, 0.25) is 0 Å². The normalized spacial score (nSPS) is 12.7. The smallest absolute Gasteiger partial charge is 0.233 e. The summed E-state index contributed by atoms with van der Waals surface area (Å²) < 4.78 is 1.72. The van der Waals surface area contributed by atoms with Gasteiger partial charge in [-0.25, -0.2) is 4.68 Å². The third-order valence-electron chi connectivity index (χ3n) is 2.45. The number of nitrogens with one attached hydrogen (secondary N) is 2. The van der Waals surface area contributed by atoms with Crippen LogP contribution in [0, 0.1) is 5.92 Å². The third-order valence-corrected chi connectivity index (χ3v) is 3.52. The highest BCUT2D eigenvalue weighted by molar-refractivity contribution is 8.00. The van der Waals surface area contributed by atoms with E-state index in [0.29, 0.717) is 17.6 Å². The molecule has 0 aliphatic heterocycles. The minimum Gasteiger partial charge on any atom is -0.358 e. The predicted octanol–water partition coefficient (Wildman–Crippen LogP) is 0.145. The van der Waals surface area contributed by atoms with Gasteiger partial charge in [-0.3, -0.25) is 4.79 Å². The van der Waals surface area contributed by atoms with Gasteiger partial charge >= 0.3 is 0 Å². The van der Waals surface area contributed by atoms with Gasteiger partial charge in [-0.1, -0.05) is 25.6 Å². The van der Waals surface area contributed by atoms with E-state index in [1.165, 1.54) is 11.8 Å². The third kappa shape index (κ3) is 5.56. The largest absolute Gasteiger partial charge is 0.358 e. The maximum absolute atomic E-state index is 11.5. The molecule has 0 bridgehead atoms. The highest BCUT2D eigenvalue weighted by atomic mass is 32.2. The lowest BCUT2D eigenvalue weighted by molar-refractivity contribution is -0.119. The summed E-state index contributed by atoms with van der Waals surface area (Å²) in [6, 6.07) is 0. The second-order valence-corrected chi connectivity index (χ2v) is 5.96. The van der Waals surface area contributed by atoms with Gasteiger partial charge in [0.2, 0.25) is 11.1 Å². The number of thioether (sulfide) groups is 1. The van der Waals surface area contributed by atoms with Crippen LogP contribution in [-0.2, 0) is 11.3 Å².